The summed E-state index contributed by atoms with van der Waals surface area (Å²) in [5.74, 6) is 2.18. The number of likely N-dealkylation sites (tertiary alicyclic amines) is 1. The highest BCUT2D eigenvalue weighted by molar-refractivity contribution is 5.67. The molecule has 0 amide bonds. The van der Waals surface area contributed by atoms with Gasteiger partial charge in [0, 0.05) is 18.7 Å². The van der Waals surface area contributed by atoms with Crippen LogP contribution in [-0.2, 0) is 0 Å². The first-order chi connectivity index (χ1) is 11.7. The van der Waals surface area contributed by atoms with Gasteiger partial charge in [0.2, 0.25) is 0 Å². The summed E-state index contributed by atoms with van der Waals surface area (Å²) < 4.78 is 6.23. The van der Waals surface area contributed by atoms with Crippen LogP contribution in [0.2, 0.25) is 0 Å². The molecule has 1 aliphatic carbocycles. The van der Waals surface area contributed by atoms with Crippen molar-refractivity contribution < 1.29 is 4.74 Å². The SMILES string of the molecule is CN1CCC(Oc2ccc(-c3cccc(N)n3)c(C3CCC3)c2)C1. The van der Waals surface area contributed by atoms with Gasteiger partial charge in [-0.3, -0.25) is 0 Å². The van der Waals surface area contributed by atoms with Gasteiger partial charge in [-0.2, -0.15) is 0 Å². The zero-order valence-electron chi connectivity index (χ0n) is 14.2. The number of aromatic nitrogens is 1. The minimum absolute atomic E-state index is 0.306. The molecule has 2 aliphatic rings. The monoisotopic (exact) mass is 323 g/mol. The molecule has 2 fully saturated rings. The van der Waals surface area contributed by atoms with Crippen LogP contribution in [0.5, 0.6) is 5.75 Å². The molecule has 1 saturated heterocycles. The van der Waals surface area contributed by atoms with Crippen molar-refractivity contribution in [3.63, 3.8) is 0 Å². The number of nitrogen functional groups attached to an aromatic ring is 1. The van der Waals surface area contributed by atoms with E-state index in [4.69, 9.17) is 10.5 Å². The summed E-state index contributed by atoms with van der Waals surface area (Å²) in [6.07, 6.45) is 5.23. The summed E-state index contributed by atoms with van der Waals surface area (Å²) >= 11 is 0. The number of ether oxygens (including phenoxy) is 1. The van der Waals surface area contributed by atoms with Gasteiger partial charge in [0.1, 0.15) is 17.7 Å². The summed E-state index contributed by atoms with van der Waals surface area (Å²) in [5, 5.41) is 0. The standard InChI is InChI=1S/C20H25N3O/c1-23-11-10-16(13-23)24-15-8-9-17(18(12-15)14-4-2-5-14)19-6-3-7-20(21)22-19/h3,6-9,12,14,16H,2,4-5,10-11,13H2,1H3,(H2,21,22). The molecule has 0 spiro atoms. The van der Waals surface area contributed by atoms with E-state index in [1.54, 1.807) is 0 Å². The molecular weight excluding hydrogens is 298 g/mol. The topological polar surface area (TPSA) is 51.4 Å². The van der Waals surface area contributed by atoms with Crippen molar-refractivity contribution in [2.24, 2.45) is 0 Å². The van der Waals surface area contributed by atoms with Gasteiger partial charge in [-0.15, -0.1) is 0 Å². The van der Waals surface area contributed by atoms with E-state index in [0.717, 1.165) is 31.0 Å². The zero-order valence-corrected chi connectivity index (χ0v) is 14.2. The summed E-state index contributed by atoms with van der Waals surface area (Å²) in [4.78, 5) is 6.84. The van der Waals surface area contributed by atoms with E-state index in [9.17, 15) is 0 Å². The summed E-state index contributed by atoms with van der Waals surface area (Å²) in [5.41, 5.74) is 9.40. The summed E-state index contributed by atoms with van der Waals surface area (Å²) in [6, 6.07) is 12.3. The third kappa shape index (κ3) is 3.11. The lowest BCUT2D eigenvalue weighted by Gasteiger charge is -2.28. The van der Waals surface area contributed by atoms with Crippen LogP contribution in [0, 0.1) is 0 Å². The molecule has 0 bridgehead atoms. The number of pyridine rings is 1. The molecule has 24 heavy (non-hydrogen) atoms. The molecule has 2 N–H and O–H groups in total. The van der Waals surface area contributed by atoms with Crippen LogP contribution in [-0.4, -0.2) is 36.1 Å². The predicted molar refractivity (Wildman–Crippen MR) is 97.2 cm³/mol. The molecule has 0 radical (unpaired) electrons. The van der Waals surface area contributed by atoms with Gasteiger partial charge in [-0.1, -0.05) is 12.5 Å². The van der Waals surface area contributed by atoms with Gasteiger partial charge in [-0.25, -0.2) is 4.98 Å². The third-order valence-corrected chi connectivity index (χ3v) is 5.27. The molecule has 1 aliphatic heterocycles. The van der Waals surface area contributed by atoms with Gasteiger partial charge in [0.15, 0.2) is 0 Å². The Labute approximate surface area is 143 Å². The molecule has 1 aromatic carbocycles. The second-order valence-corrected chi connectivity index (χ2v) is 7.12. The van der Waals surface area contributed by atoms with Crippen LogP contribution in [0.15, 0.2) is 36.4 Å². The summed E-state index contributed by atoms with van der Waals surface area (Å²) in [7, 11) is 2.15. The maximum atomic E-state index is 6.23. The number of likely N-dealkylation sites (N-methyl/N-ethyl adjacent to an activating group) is 1. The van der Waals surface area contributed by atoms with Crippen molar-refractivity contribution in [2.75, 3.05) is 25.9 Å². The van der Waals surface area contributed by atoms with E-state index in [1.807, 2.05) is 18.2 Å². The molecule has 4 rings (SSSR count). The average molecular weight is 323 g/mol. The van der Waals surface area contributed by atoms with Crippen molar-refractivity contribution in [3.8, 4) is 17.0 Å². The smallest absolute Gasteiger partial charge is 0.124 e. The van der Waals surface area contributed by atoms with Gasteiger partial charge in [-0.05, 0) is 68.1 Å². The van der Waals surface area contributed by atoms with E-state index in [2.05, 4.69) is 35.1 Å². The Morgan fingerprint density at radius 3 is 2.71 bits per heavy atom. The van der Waals surface area contributed by atoms with Crippen molar-refractivity contribution in [1.29, 1.82) is 0 Å². The average Bonchev–Trinajstić information content (AvgIpc) is 2.91. The van der Waals surface area contributed by atoms with Gasteiger partial charge in [0.05, 0.1) is 5.69 Å². The van der Waals surface area contributed by atoms with Crippen LogP contribution in [0.25, 0.3) is 11.3 Å². The van der Waals surface area contributed by atoms with E-state index in [0.29, 0.717) is 17.8 Å². The number of anilines is 1. The normalized spacial score (nSPS) is 21.6. The quantitative estimate of drug-likeness (QED) is 0.932. The fourth-order valence-electron chi connectivity index (χ4n) is 3.69. The first-order valence-corrected chi connectivity index (χ1v) is 8.91. The van der Waals surface area contributed by atoms with Gasteiger partial charge < -0.3 is 15.4 Å². The second-order valence-electron chi connectivity index (χ2n) is 7.12. The molecule has 4 nitrogen and oxygen atoms in total. The predicted octanol–water partition coefficient (Wildman–Crippen LogP) is 3.68. The highest BCUT2D eigenvalue weighted by Gasteiger charge is 2.25. The zero-order chi connectivity index (χ0) is 16.5. The Kier molecular flexibility index (Phi) is 4.15. The van der Waals surface area contributed by atoms with Crippen molar-refractivity contribution >= 4 is 5.82 Å². The fraction of sp³-hybridized carbons (Fsp3) is 0.450. The number of nitrogens with two attached hydrogens (primary N) is 1. The molecule has 2 heterocycles. The fourth-order valence-corrected chi connectivity index (χ4v) is 3.69. The third-order valence-electron chi connectivity index (χ3n) is 5.27. The number of nitrogens with zero attached hydrogens (tertiary/aromatic N) is 2. The van der Waals surface area contributed by atoms with Crippen LogP contribution in [0.3, 0.4) is 0 Å². The Balaban J connectivity index is 1.64. The van der Waals surface area contributed by atoms with E-state index in [1.165, 1.54) is 30.4 Å². The van der Waals surface area contributed by atoms with Crippen LogP contribution in [0.1, 0.15) is 37.2 Å². The first-order valence-electron chi connectivity index (χ1n) is 8.91. The second kappa shape index (κ2) is 6.44. The minimum Gasteiger partial charge on any atom is -0.489 e. The van der Waals surface area contributed by atoms with Gasteiger partial charge in [0.25, 0.3) is 0 Å². The number of benzene rings is 1. The molecular formula is C20H25N3O. The van der Waals surface area contributed by atoms with Crippen LogP contribution < -0.4 is 10.5 Å². The van der Waals surface area contributed by atoms with Crippen molar-refractivity contribution in [1.82, 2.24) is 9.88 Å². The minimum atomic E-state index is 0.306. The molecule has 1 atom stereocenters. The molecule has 4 heteroatoms. The maximum absolute atomic E-state index is 6.23. The highest BCUT2D eigenvalue weighted by Crippen LogP contribution is 2.42. The van der Waals surface area contributed by atoms with Crippen molar-refractivity contribution in [2.45, 2.75) is 37.7 Å². The lowest BCUT2D eigenvalue weighted by Crippen LogP contribution is -2.21. The van der Waals surface area contributed by atoms with Gasteiger partial charge >= 0.3 is 0 Å². The van der Waals surface area contributed by atoms with Crippen molar-refractivity contribution in [3.05, 3.63) is 42.0 Å². The molecule has 1 saturated carbocycles. The van der Waals surface area contributed by atoms with Crippen LogP contribution in [0.4, 0.5) is 5.82 Å². The number of hydrogen-bond acceptors (Lipinski definition) is 4. The highest BCUT2D eigenvalue weighted by atomic mass is 16.5. The van der Waals surface area contributed by atoms with E-state index >= 15 is 0 Å². The Morgan fingerprint density at radius 2 is 2.04 bits per heavy atom. The summed E-state index contributed by atoms with van der Waals surface area (Å²) in [6.45, 7) is 2.13. The molecule has 126 valence electrons. The first kappa shape index (κ1) is 15.5. The lowest BCUT2D eigenvalue weighted by molar-refractivity contribution is 0.208. The molecule has 1 aromatic heterocycles. The van der Waals surface area contributed by atoms with Crippen LogP contribution >= 0.6 is 0 Å². The Hall–Kier alpha value is -2.07. The Bertz CT molecular complexity index is 727. The maximum Gasteiger partial charge on any atom is 0.124 e. The Morgan fingerprint density at radius 1 is 1.17 bits per heavy atom. The largest absolute Gasteiger partial charge is 0.489 e. The number of rotatable bonds is 4. The molecule has 1 unspecified atom stereocenters. The van der Waals surface area contributed by atoms with E-state index < -0.39 is 0 Å². The molecule has 2 aromatic rings. The van der Waals surface area contributed by atoms with E-state index in [-0.39, 0.29) is 0 Å². The lowest BCUT2D eigenvalue weighted by atomic mass is 9.77. The number of hydrogen-bond donors (Lipinski definition) is 1.